The predicted molar refractivity (Wildman–Crippen MR) is 154 cm³/mol. The van der Waals surface area contributed by atoms with Crippen LogP contribution < -0.4 is 10.1 Å². The first-order valence-electron chi connectivity index (χ1n) is 12.7. The first-order chi connectivity index (χ1) is 19.6. The van der Waals surface area contributed by atoms with Gasteiger partial charge in [0, 0.05) is 5.56 Å². The number of H-pyrrole nitrogens is 1. The number of rotatable bonds is 8. The highest BCUT2D eigenvalue weighted by molar-refractivity contribution is 6.34. The topological polar surface area (TPSA) is 111 Å². The number of ether oxygens (including phenoxy) is 1. The van der Waals surface area contributed by atoms with Crippen molar-refractivity contribution in [1.82, 2.24) is 30.2 Å². The second kappa shape index (κ2) is 11.0. The summed E-state index contributed by atoms with van der Waals surface area (Å²) >= 11 is 6.27. The van der Waals surface area contributed by atoms with Crippen LogP contribution >= 0.6 is 11.6 Å². The number of fused-ring (bicyclic) bond motifs is 1. The van der Waals surface area contributed by atoms with E-state index in [0.717, 1.165) is 27.8 Å². The Hall–Kier alpha value is -5.02. The minimum atomic E-state index is -0.298. The van der Waals surface area contributed by atoms with E-state index in [-0.39, 0.29) is 5.91 Å². The summed E-state index contributed by atoms with van der Waals surface area (Å²) in [5.74, 6) is 0.241. The highest BCUT2D eigenvalue weighted by Crippen LogP contribution is 2.32. The van der Waals surface area contributed by atoms with Crippen molar-refractivity contribution in [1.29, 1.82) is 0 Å². The molecule has 0 fully saturated rings. The van der Waals surface area contributed by atoms with Crippen molar-refractivity contribution in [2.45, 2.75) is 13.5 Å². The molecule has 0 unspecified atom stereocenters. The lowest BCUT2D eigenvalue weighted by molar-refractivity contribution is 0.102. The molecule has 198 valence electrons. The standard InChI is InChI=1S/C30H24ClN7O2/c1-2-40-30-33-26-13-7-12-25(32-29(39)23-10-5-6-11-24(23)31)27(26)38(30)18-19-14-16-20(17-15-19)21-8-3-4-9-22(21)28-34-36-37-35-28/h3-17H,2,18H2,1H3,(H,32,39)(H,34,35,36,37). The first-order valence-corrected chi connectivity index (χ1v) is 13.1. The number of halogens is 1. The van der Waals surface area contributed by atoms with Crippen LogP contribution in [0.1, 0.15) is 22.8 Å². The Morgan fingerprint density at radius 2 is 1.73 bits per heavy atom. The van der Waals surface area contributed by atoms with Crippen LogP contribution in [0.4, 0.5) is 5.69 Å². The van der Waals surface area contributed by atoms with Gasteiger partial charge in [-0.15, -0.1) is 10.2 Å². The number of para-hydroxylation sites is 1. The average Bonchev–Trinajstić information content (AvgIpc) is 3.63. The molecule has 0 atom stereocenters. The highest BCUT2D eigenvalue weighted by Gasteiger charge is 2.19. The lowest BCUT2D eigenvalue weighted by Crippen LogP contribution is -2.14. The number of amides is 1. The second-order valence-electron chi connectivity index (χ2n) is 9.00. The third kappa shape index (κ3) is 4.90. The second-order valence-corrected chi connectivity index (χ2v) is 9.41. The summed E-state index contributed by atoms with van der Waals surface area (Å²) in [5, 5.41) is 17.9. The van der Waals surface area contributed by atoms with E-state index in [0.29, 0.717) is 46.8 Å². The smallest absolute Gasteiger partial charge is 0.297 e. The number of nitrogens with one attached hydrogen (secondary N) is 2. The van der Waals surface area contributed by atoms with E-state index >= 15 is 0 Å². The molecule has 6 aromatic rings. The van der Waals surface area contributed by atoms with Crippen LogP contribution in [-0.2, 0) is 6.54 Å². The quantitative estimate of drug-likeness (QED) is 0.233. The lowest BCUT2D eigenvalue weighted by atomic mass is 9.98. The Kier molecular flexibility index (Phi) is 6.95. The number of nitrogens with zero attached hydrogens (tertiary/aromatic N) is 5. The van der Waals surface area contributed by atoms with E-state index in [4.69, 9.17) is 21.3 Å². The lowest BCUT2D eigenvalue weighted by Gasteiger charge is -2.13. The third-order valence-electron chi connectivity index (χ3n) is 6.49. The fourth-order valence-corrected chi connectivity index (χ4v) is 4.89. The van der Waals surface area contributed by atoms with Gasteiger partial charge in [0.25, 0.3) is 11.9 Å². The Balaban J connectivity index is 1.35. The number of carbonyl (C=O) groups is 1. The van der Waals surface area contributed by atoms with Crippen molar-refractivity contribution < 1.29 is 9.53 Å². The first kappa shape index (κ1) is 25.3. The molecule has 0 bridgehead atoms. The van der Waals surface area contributed by atoms with Crippen molar-refractivity contribution >= 4 is 34.2 Å². The fraction of sp³-hybridized carbons (Fsp3) is 0.100. The summed E-state index contributed by atoms with van der Waals surface area (Å²) in [5.41, 5.74) is 6.44. The van der Waals surface area contributed by atoms with Gasteiger partial charge < -0.3 is 10.1 Å². The molecular weight excluding hydrogens is 526 g/mol. The number of hydrogen-bond acceptors (Lipinski definition) is 6. The molecule has 4 aromatic carbocycles. The van der Waals surface area contributed by atoms with Gasteiger partial charge in [-0.3, -0.25) is 9.36 Å². The van der Waals surface area contributed by atoms with Crippen LogP contribution in [0.5, 0.6) is 6.01 Å². The van der Waals surface area contributed by atoms with E-state index in [1.54, 1.807) is 24.3 Å². The van der Waals surface area contributed by atoms with Crippen LogP contribution in [-0.4, -0.2) is 42.7 Å². The van der Waals surface area contributed by atoms with Crippen molar-refractivity contribution in [3.8, 4) is 28.5 Å². The summed E-state index contributed by atoms with van der Waals surface area (Å²) in [6.07, 6.45) is 0. The van der Waals surface area contributed by atoms with Gasteiger partial charge in [0.05, 0.1) is 40.5 Å². The maximum atomic E-state index is 13.1. The molecule has 0 radical (unpaired) electrons. The molecule has 1 amide bonds. The zero-order chi connectivity index (χ0) is 27.5. The molecule has 2 heterocycles. The average molecular weight is 550 g/mol. The Bertz CT molecular complexity index is 1800. The molecule has 9 nitrogen and oxygen atoms in total. The summed E-state index contributed by atoms with van der Waals surface area (Å²) in [7, 11) is 0. The van der Waals surface area contributed by atoms with Crippen LogP contribution in [0.15, 0.2) is 91.0 Å². The maximum Gasteiger partial charge on any atom is 0.297 e. The minimum Gasteiger partial charge on any atom is -0.465 e. The summed E-state index contributed by atoms with van der Waals surface area (Å²) in [6, 6.07) is 29.2. The van der Waals surface area contributed by atoms with Gasteiger partial charge in [0.15, 0.2) is 0 Å². The molecule has 0 spiro atoms. The summed E-state index contributed by atoms with van der Waals surface area (Å²) in [4.78, 5) is 17.8. The molecule has 0 saturated carbocycles. The largest absolute Gasteiger partial charge is 0.465 e. The van der Waals surface area contributed by atoms with Crippen molar-refractivity contribution in [2.75, 3.05) is 11.9 Å². The van der Waals surface area contributed by atoms with Gasteiger partial charge in [0.2, 0.25) is 5.82 Å². The SMILES string of the molecule is CCOc1nc2cccc(NC(=O)c3ccccc3Cl)c2n1Cc1ccc(-c2ccccc2-c2nn[nH]n2)cc1. The van der Waals surface area contributed by atoms with E-state index in [2.05, 4.69) is 50.2 Å². The van der Waals surface area contributed by atoms with Crippen molar-refractivity contribution in [3.63, 3.8) is 0 Å². The summed E-state index contributed by atoms with van der Waals surface area (Å²) in [6.45, 7) is 2.85. The monoisotopic (exact) mass is 549 g/mol. The molecule has 0 aliphatic heterocycles. The zero-order valence-corrected chi connectivity index (χ0v) is 22.3. The van der Waals surface area contributed by atoms with E-state index in [9.17, 15) is 4.79 Å². The number of tetrazole rings is 1. The van der Waals surface area contributed by atoms with E-state index in [1.165, 1.54) is 0 Å². The molecular formula is C30H24ClN7O2. The van der Waals surface area contributed by atoms with Crippen LogP contribution in [0, 0.1) is 0 Å². The molecule has 0 saturated heterocycles. The molecule has 40 heavy (non-hydrogen) atoms. The van der Waals surface area contributed by atoms with E-state index in [1.807, 2.05) is 54.0 Å². The number of anilines is 1. The summed E-state index contributed by atoms with van der Waals surface area (Å²) < 4.78 is 7.88. The van der Waals surface area contributed by atoms with Gasteiger partial charge >= 0.3 is 0 Å². The number of aromatic amines is 1. The van der Waals surface area contributed by atoms with Gasteiger partial charge in [-0.2, -0.15) is 10.2 Å². The fourth-order valence-electron chi connectivity index (χ4n) is 4.66. The maximum absolute atomic E-state index is 13.1. The number of benzene rings is 4. The molecule has 10 heteroatoms. The van der Waals surface area contributed by atoms with E-state index < -0.39 is 0 Å². The van der Waals surface area contributed by atoms with Crippen molar-refractivity contribution in [2.24, 2.45) is 0 Å². The van der Waals surface area contributed by atoms with Gasteiger partial charge in [-0.05, 0) is 53.1 Å². The third-order valence-corrected chi connectivity index (χ3v) is 6.82. The number of hydrogen-bond donors (Lipinski definition) is 2. The Morgan fingerprint density at radius 1 is 0.950 bits per heavy atom. The number of aromatic nitrogens is 6. The van der Waals surface area contributed by atoms with Gasteiger partial charge in [-0.1, -0.05) is 78.3 Å². The molecule has 2 N–H and O–H groups in total. The molecule has 0 aliphatic carbocycles. The van der Waals surface area contributed by atoms with Crippen LogP contribution in [0.25, 0.3) is 33.5 Å². The normalized spacial score (nSPS) is 11.1. The van der Waals surface area contributed by atoms with Crippen molar-refractivity contribution in [3.05, 3.63) is 107 Å². The Labute approximate surface area is 234 Å². The number of carbonyl (C=O) groups excluding carboxylic acids is 1. The number of imidazole rings is 1. The zero-order valence-electron chi connectivity index (χ0n) is 21.5. The van der Waals surface area contributed by atoms with Crippen LogP contribution in [0.3, 0.4) is 0 Å². The minimum absolute atomic E-state index is 0.298. The van der Waals surface area contributed by atoms with Gasteiger partial charge in [-0.25, -0.2) is 0 Å². The molecule has 2 aromatic heterocycles. The Morgan fingerprint density at radius 3 is 2.48 bits per heavy atom. The highest BCUT2D eigenvalue weighted by atomic mass is 35.5. The van der Waals surface area contributed by atoms with Crippen LogP contribution in [0.2, 0.25) is 5.02 Å². The predicted octanol–water partition coefficient (Wildman–Crippen LogP) is 6.24. The molecule has 0 aliphatic rings. The van der Waals surface area contributed by atoms with Gasteiger partial charge in [0.1, 0.15) is 0 Å². The molecule has 6 rings (SSSR count).